The average molecular weight is 1250 g/mol. The number of aromatic nitrogens is 5. The maximum atomic E-state index is 10.2. The molecule has 0 bridgehead atoms. The van der Waals surface area contributed by atoms with Gasteiger partial charge in [0.05, 0.1) is 77.6 Å². The first-order valence-corrected chi connectivity index (χ1v) is 33.0. The quantitative estimate of drug-likeness (QED) is 0.0593. The first-order valence-electron chi connectivity index (χ1n) is 41.0. The third-order valence-corrected chi connectivity index (χ3v) is 22.4. The predicted molar refractivity (Wildman–Crippen MR) is 394 cm³/mol. The van der Waals surface area contributed by atoms with Crippen LogP contribution >= 0.6 is 0 Å². The molecule has 6 nitrogen and oxygen atoms in total. The van der Waals surface area contributed by atoms with Crippen LogP contribution in [0, 0.1) is 6.33 Å². The molecule has 18 rings (SSSR count). The summed E-state index contributed by atoms with van der Waals surface area (Å²) in [5, 5.41) is 1.37. The van der Waals surface area contributed by atoms with Gasteiger partial charge in [-0.25, -0.2) is 4.98 Å². The van der Waals surface area contributed by atoms with Gasteiger partial charge in [-0.15, -0.1) is 0 Å². The Morgan fingerprint density at radius 1 is 0.421 bits per heavy atom. The number of benzene rings is 13. The monoisotopic (exact) mass is 1250 g/mol. The smallest absolute Gasteiger partial charge is 0.269 e. The van der Waals surface area contributed by atoms with Gasteiger partial charge in [-0.3, -0.25) is 13.7 Å². The van der Waals surface area contributed by atoms with Crippen molar-refractivity contribution in [2.45, 2.75) is 26.2 Å². The van der Waals surface area contributed by atoms with Gasteiger partial charge in [0.1, 0.15) is 17.3 Å². The Morgan fingerprint density at radius 3 is 1.59 bits per heavy atom. The van der Waals surface area contributed by atoms with Gasteiger partial charge in [-0.1, -0.05) is 269 Å². The summed E-state index contributed by atoms with van der Waals surface area (Å²) in [7, 11) is -5.98. The van der Waals surface area contributed by atoms with Crippen LogP contribution in [0.15, 0.2) is 327 Å². The number of hydrogen-bond donors (Lipinski definition) is 0. The molecular weight excluding hydrogens is 1170 g/mol. The molecule has 0 amide bonds. The third kappa shape index (κ3) is 8.91. The molecule has 5 heterocycles. The van der Waals surface area contributed by atoms with Gasteiger partial charge < -0.3 is 9.30 Å². The molecule has 1 aliphatic heterocycles. The van der Waals surface area contributed by atoms with E-state index in [1.807, 2.05) is 126 Å². The van der Waals surface area contributed by atoms with Crippen molar-refractivity contribution in [2.24, 2.45) is 0 Å². The van der Waals surface area contributed by atoms with Crippen LogP contribution in [0.1, 0.15) is 53.7 Å². The Hall–Kier alpha value is -11.9. The van der Waals surface area contributed by atoms with Gasteiger partial charge in [0, 0.05) is 33.8 Å². The van der Waals surface area contributed by atoms with Crippen LogP contribution in [0.25, 0.3) is 122 Å². The lowest BCUT2D eigenvalue weighted by Crippen LogP contribution is -2.74. The molecule has 0 radical (unpaired) electrons. The van der Waals surface area contributed by atoms with E-state index < -0.39 is 144 Å². The van der Waals surface area contributed by atoms with E-state index in [1.54, 1.807) is 77.5 Å². The summed E-state index contributed by atoms with van der Waals surface area (Å²) in [5.74, 6) is 1.41. The number of para-hydroxylation sites is 4. The SMILES string of the molecule is [2H]c1c([2H])c([2H])c(-c2cccc3c2-c2cccc(-n4c5ccccc5c5ccccc54)c2-[n+]2[c-]n(-c4cccc(Oc5ccc6c7ccccc7n(-c7cc(C(C)(C)C)ccn7)c6c5)c4)c4cc([Si](c5c([2H])c([2H])c([2H])c([2H])c5[2H])(c5c([2H])c([2H])c([2H])c([2H])c5[2H])c5c([2H])c([2H])c([2H])c([2H])c5[2H])cc(c42)-c2ccccc2-3)c([2H])c1[2H]. The van der Waals surface area contributed by atoms with Crippen molar-refractivity contribution in [3.05, 3.63) is 339 Å². The van der Waals surface area contributed by atoms with Crippen molar-refractivity contribution >= 4 is 83.5 Å². The molecule has 450 valence electrons. The second-order valence-corrected chi connectivity index (χ2v) is 28.1. The van der Waals surface area contributed by atoms with Crippen LogP contribution in [0.3, 0.4) is 0 Å². The molecule has 0 saturated heterocycles. The first kappa shape index (κ1) is 38.8. The number of nitrogens with zero attached hydrogens (tertiary/aromatic N) is 5. The molecule has 4 aromatic heterocycles. The minimum atomic E-state index is -5.98. The molecule has 0 fully saturated rings. The number of ether oxygens (including phenoxy) is 1. The van der Waals surface area contributed by atoms with E-state index in [-0.39, 0.29) is 32.8 Å². The molecule has 13 aromatic carbocycles. The second kappa shape index (κ2) is 22.2. The molecule has 0 aliphatic carbocycles. The number of rotatable bonds is 10. The normalized spacial score (nSPS) is 15.1. The lowest BCUT2D eigenvalue weighted by Gasteiger charge is -2.35. The highest BCUT2D eigenvalue weighted by molar-refractivity contribution is 7.20. The Labute approximate surface area is 580 Å². The van der Waals surface area contributed by atoms with Gasteiger partial charge in [0.25, 0.3) is 6.33 Å². The van der Waals surface area contributed by atoms with Gasteiger partial charge in [-0.2, -0.15) is 0 Å². The van der Waals surface area contributed by atoms with Crippen LogP contribution in [0.5, 0.6) is 11.5 Å². The largest absolute Gasteiger partial charge is 0.458 e. The summed E-state index contributed by atoms with van der Waals surface area (Å²) in [4.78, 5) is 4.92. The summed E-state index contributed by atoms with van der Waals surface area (Å²) in [6.07, 6.45) is 5.62. The zero-order valence-electron chi connectivity index (χ0n) is 71.3. The van der Waals surface area contributed by atoms with E-state index in [0.29, 0.717) is 67.7 Å². The van der Waals surface area contributed by atoms with E-state index in [1.165, 1.54) is 0 Å². The minimum Gasteiger partial charge on any atom is -0.458 e. The second-order valence-electron chi connectivity index (χ2n) is 24.5. The van der Waals surface area contributed by atoms with E-state index in [9.17, 15) is 21.9 Å². The standard InChI is InChI=1S/C88H63N5OSi/c1-88(2,3)60-51-52-89-84(53-60)93-80-47-23-20-41-73(80)74-50-49-63(55-82(74)93)94-62-30-24-29-61(54-62)90-58-91-86-76(44-26-48-81(86)92-78-45-21-18-39-71(78)72-40-19-22-46-79(72)92)85-68(59-27-8-4-9-28-59)42-25-43-75(85)69-37-16-17-38-70(69)77-56-67(57-83(90)87(77)91)95(64-31-10-5-11-32-64,65-33-12-6-13-34-65)66-35-14-7-15-36-66/h4-57H,1-3H3/i4D,5D,6D,7D,8D,9D,10D,11D,12D,13D,14D,15D,27D,28D,31D,32D,33D,34D,35D,36D. The lowest BCUT2D eigenvalue weighted by atomic mass is 9.84. The van der Waals surface area contributed by atoms with Crippen LogP contribution < -0.4 is 30.1 Å². The van der Waals surface area contributed by atoms with Crippen molar-refractivity contribution in [3.63, 3.8) is 0 Å². The van der Waals surface area contributed by atoms with E-state index in [2.05, 4.69) is 48.4 Å². The lowest BCUT2D eigenvalue weighted by molar-refractivity contribution is -0.571. The Kier molecular flexibility index (Phi) is 9.06. The van der Waals surface area contributed by atoms with E-state index in [0.717, 1.165) is 49.2 Å². The number of pyridine rings is 1. The summed E-state index contributed by atoms with van der Waals surface area (Å²) in [6, 6.07) is 45.3. The number of hydrogen-bond acceptors (Lipinski definition) is 2. The number of imidazole rings is 1. The fraction of sp³-hybridized carbons (Fsp3) is 0.0455. The van der Waals surface area contributed by atoms with Crippen molar-refractivity contribution in [1.82, 2.24) is 18.7 Å². The fourth-order valence-corrected chi connectivity index (χ4v) is 18.0. The van der Waals surface area contributed by atoms with E-state index in [4.69, 9.17) is 15.2 Å². The summed E-state index contributed by atoms with van der Waals surface area (Å²) < 4.78 is 207. The van der Waals surface area contributed by atoms with Crippen LogP contribution in [-0.2, 0) is 5.41 Å². The Balaban J connectivity index is 1.04. The zero-order valence-corrected chi connectivity index (χ0v) is 52.3. The Bertz CT molecular complexity index is 6830. The highest BCUT2D eigenvalue weighted by Crippen LogP contribution is 2.49. The van der Waals surface area contributed by atoms with Gasteiger partial charge in [0.2, 0.25) is 0 Å². The highest BCUT2D eigenvalue weighted by atomic mass is 28.3. The fourth-order valence-electron chi connectivity index (χ4n) is 14.2. The van der Waals surface area contributed by atoms with Crippen molar-refractivity contribution in [3.8, 4) is 78.9 Å². The average Bonchev–Trinajstić information content (AvgIpc) is 0.822. The summed E-state index contributed by atoms with van der Waals surface area (Å²) >= 11 is 0. The highest BCUT2D eigenvalue weighted by Gasteiger charge is 2.43. The van der Waals surface area contributed by atoms with Crippen LogP contribution in [0.2, 0.25) is 0 Å². The van der Waals surface area contributed by atoms with E-state index >= 15 is 0 Å². The van der Waals surface area contributed by atoms with Crippen LogP contribution in [-0.4, -0.2) is 26.8 Å². The molecule has 0 spiro atoms. The van der Waals surface area contributed by atoms with Crippen LogP contribution in [0.4, 0.5) is 0 Å². The molecule has 0 atom stereocenters. The predicted octanol–water partition coefficient (Wildman–Crippen LogP) is 18.7. The van der Waals surface area contributed by atoms with Gasteiger partial charge in [0.15, 0.2) is 8.07 Å². The molecule has 0 N–H and O–H groups in total. The summed E-state index contributed by atoms with van der Waals surface area (Å²) in [6.45, 7) is 6.43. The molecule has 0 unspecified atom stereocenters. The van der Waals surface area contributed by atoms with Crippen molar-refractivity contribution < 1.29 is 36.7 Å². The van der Waals surface area contributed by atoms with Crippen molar-refractivity contribution in [2.75, 3.05) is 0 Å². The maximum Gasteiger partial charge on any atom is 0.269 e. The molecule has 95 heavy (non-hydrogen) atoms. The number of fused-ring (bicyclic) bond motifs is 13. The molecule has 1 aliphatic rings. The van der Waals surface area contributed by atoms with Crippen molar-refractivity contribution in [1.29, 1.82) is 0 Å². The minimum absolute atomic E-state index is 0.125. The topological polar surface area (TPSA) is 40.8 Å². The zero-order chi connectivity index (χ0) is 80.8. The Morgan fingerprint density at radius 2 is 0.947 bits per heavy atom. The molecular formula is C88H63N5OSi. The molecule has 0 saturated carbocycles. The summed E-state index contributed by atoms with van der Waals surface area (Å²) in [5.41, 5.74) is 8.10. The third-order valence-electron chi connectivity index (χ3n) is 18.3. The first-order chi connectivity index (χ1) is 55.1. The molecule has 7 heteroatoms. The molecule has 17 aromatic rings. The van der Waals surface area contributed by atoms with Gasteiger partial charge in [-0.05, 0) is 143 Å². The maximum absolute atomic E-state index is 10.2. The van der Waals surface area contributed by atoms with Gasteiger partial charge >= 0.3 is 0 Å².